The number of nitrogens with zero attached hydrogens (tertiary/aromatic N) is 1. The molecule has 0 saturated carbocycles. The largest absolute Gasteiger partial charge is 0.454 e. The SMILES string of the molecule is O=C(COC(=O)CN1C(=O)Cc2ccccc2C1=O)NCCc1ccc(F)cc1. The van der Waals surface area contributed by atoms with E-state index < -0.39 is 36.8 Å². The van der Waals surface area contributed by atoms with Crippen molar-refractivity contribution in [2.24, 2.45) is 0 Å². The maximum atomic E-state index is 12.8. The number of hydrogen-bond acceptors (Lipinski definition) is 5. The lowest BCUT2D eigenvalue weighted by Gasteiger charge is -2.25. The molecule has 8 heteroatoms. The summed E-state index contributed by atoms with van der Waals surface area (Å²) in [7, 11) is 0. The molecule has 29 heavy (non-hydrogen) atoms. The van der Waals surface area contributed by atoms with Crippen molar-refractivity contribution in [1.82, 2.24) is 10.2 Å². The van der Waals surface area contributed by atoms with Gasteiger partial charge in [-0.05, 0) is 35.7 Å². The molecule has 0 aromatic heterocycles. The van der Waals surface area contributed by atoms with Gasteiger partial charge >= 0.3 is 5.97 Å². The van der Waals surface area contributed by atoms with Crippen LogP contribution in [0.4, 0.5) is 4.39 Å². The molecule has 0 radical (unpaired) electrons. The first-order valence-electron chi connectivity index (χ1n) is 9.03. The molecule has 2 aromatic rings. The number of esters is 1. The van der Waals surface area contributed by atoms with Crippen molar-refractivity contribution in [3.63, 3.8) is 0 Å². The Bertz CT molecular complexity index is 942. The van der Waals surface area contributed by atoms with Crippen LogP contribution < -0.4 is 5.32 Å². The molecule has 3 amide bonds. The Balaban J connectivity index is 1.42. The number of rotatable bonds is 7. The Hall–Kier alpha value is -3.55. The summed E-state index contributed by atoms with van der Waals surface area (Å²) in [6.07, 6.45) is 0.523. The maximum absolute atomic E-state index is 12.8. The van der Waals surface area contributed by atoms with E-state index in [9.17, 15) is 23.6 Å². The standard InChI is InChI=1S/C21H19FN2O5/c22-16-7-5-14(6-8-16)9-10-23-18(25)13-29-20(27)12-24-19(26)11-15-3-1-2-4-17(15)21(24)28/h1-8H,9-13H2,(H,23,25). The summed E-state index contributed by atoms with van der Waals surface area (Å²) in [5, 5.41) is 2.58. The molecule has 0 spiro atoms. The predicted molar refractivity (Wildman–Crippen MR) is 100 cm³/mol. The van der Waals surface area contributed by atoms with Crippen molar-refractivity contribution < 1.29 is 28.3 Å². The molecule has 1 N–H and O–H groups in total. The number of amides is 3. The predicted octanol–water partition coefficient (Wildman–Crippen LogP) is 1.25. The Kier molecular flexibility index (Phi) is 6.33. The van der Waals surface area contributed by atoms with Crippen LogP contribution in [0.15, 0.2) is 48.5 Å². The van der Waals surface area contributed by atoms with Crippen LogP contribution in [-0.4, -0.2) is 48.3 Å². The number of carbonyl (C=O) groups excluding carboxylic acids is 4. The van der Waals surface area contributed by atoms with Gasteiger partial charge in [-0.3, -0.25) is 24.1 Å². The molecule has 1 aliphatic rings. The zero-order valence-corrected chi connectivity index (χ0v) is 15.5. The second kappa shape index (κ2) is 9.09. The summed E-state index contributed by atoms with van der Waals surface area (Å²) in [5.74, 6) is -2.74. The van der Waals surface area contributed by atoms with E-state index in [0.717, 1.165) is 10.5 Å². The number of carbonyl (C=O) groups is 4. The molecule has 0 unspecified atom stereocenters. The van der Waals surface area contributed by atoms with E-state index in [0.29, 0.717) is 24.1 Å². The minimum absolute atomic E-state index is 0.0269. The second-order valence-electron chi connectivity index (χ2n) is 6.51. The molecule has 1 aliphatic heterocycles. The molecule has 0 bridgehead atoms. The van der Waals surface area contributed by atoms with Crippen LogP contribution in [0.2, 0.25) is 0 Å². The Morgan fingerprint density at radius 2 is 1.79 bits per heavy atom. The fourth-order valence-electron chi connectivity index (χ4n) is 2.93. The van der Waals surface area contributed by atoms with Gasteiger partial charge in [-0.2, -0.15) is 0 Å². The van der Waals surface area contributed by atoms with Crippen LogP contribution in [0.3, 0.4) is 0 Å². The number of nitrogens with one attached hydrogen (secondary N) is 1. The average molecular weight is 398 g/mol. The summed E-state index contributed by atoms with van der Waals surface area (Å²) in [5.41, 5.74) is 1.84. The average Bonchev–Trinajstić information content (AvgIpc) is 2.71. The molecule has 0 aliphatic carbocycles. The van der Waals surface area contributed by atoms with E-state index in [4.69, 9.17) is 4.74 Å². The van der Waals surface area contributed by atoms with Crippen molar-refractivity contribution in [2.75, 3.05) is 19.7 Å². The molecule has 3 rings (SSSR count). The number of imide groups is 1. The van der Waals surface area contributed by atoms with Crippen LogP contribution in [-0.2, 0) is 32.0 Å². The summed E-state index contributed by atoms with van der Waals surface area (Å²) < 4.78 is 17.7. The van der Waals surface area contributed by atoms with Crippen LogP contribution in [0.1, 0.15) is 21.5 Å². The minimum atomic E-state index is -0.847. The van der Waals surface area contributed by atoms with Gasteiger partial charge in [-0.25, -0.2) is 4.39 Å². The topological polar surface area (TPSA) is 92.8 Å². The molecular formula is C21H19FN2O5. The lowest BCUT2D eigenvalue weighted by molar-refractivity contribution is -0.151. The number of halogens is 1. The quantitative estimate of drug-likeness (QED) is 0.560. The molecule has 150 valence electrons. The molecule has 0 fully saturated rings. The van der Waals surface area contributed by atoms with Gasteiger partial charge < -0.3 is 10.1 Å². The maximum Gasteiger partial charge on any atom is 0.326 e. The highest BCUT2D eigenvalue weighted by Gasteiger charge is 2.32. The number of benzene rings is 2. The van der Waals surface area contributed by atoms with Gasteiger partial charge in [-0.15, -0.1) is 0 Å². The van der Waals surface area contributed by atoms with Crippen LogP contribution in [0, 0.1) is 5.82 Å². The van der Waals surface area contributed by atoms with Crippen molar-refractivity contribution >= 4 is 23.7 Å². The fourth-order valence-corrected chi connectivity index (χ4v) is 2.93. The third-order valence-corrected chi connectivity index (χ3v) is 4.44. The Labute approximate surface area is 166 Å². The highest BCUT2D eigenvalue weighted by atomic mass is 19.1. The van der Waals surface area contributed by atoms with Gasteiger partial charge in [-0.1, -0.05) is 30.3 Å². The summed E-state index contributed by atoms with van der Waals surface area (Å²) in [4.78, 5) is 49.1. The van der Waals surface area contributed by atoms with Crippen molar-refractivity contribution in [1.29, 1.82) is 0 Å². The first-order chi connectivity index (χ1) is 13.9. The zero-order chi connectivity index (χ0) is 20.8. The highest BCUT2D eigenvalue weighted by Crippen LogP contribution is 2.19. The summed E-state index contributed by atoms with van der Waals surface area (Å²) in [6, 6.07) is 12.6. The van der Waals surface area contributed by atoms with E-state index >= 15 is 0 Å². The van der Waals surface area contributed by atoms with Crippen molar-refractivity contribution in [3.8, 4) is 0 Å². The monoisotopic (exact) mass is 398 g/mol. The number of ether oxygens (including phenoxy) is 1. The molecule has 7 nitrogen and oxygen atoms in total. The van der Waals surface area contributed by atoms with Crippen molar-refractivity contribution in [3.05, 3.63) is 71.0 Å². The van der Waals surface area contributed by atoms with E-state index in [1.165, 1.54) is 12.1 Å². The first kappa shape index (κ1) is 20.2. The molecule has 0 atom stereocenters. The van der Waals surface area contributed by atoms with Crippen LogP contribution >= 0.6 is 0 Å². The Morgan fingerprint density at radius 1 is 1.07 bits per heavy atom. The van der Waals surface area contributed by atoms with Gasteiger partial charge in [0.15, 0.2) is 6.61 Å². The van der Waals surface area contributed by atoms with Gasteiger partial charge in [0, 0.05) is 12.1 Å². The highest BCUT2D eigenvalue weighted by molar-refractivity contribution is 6.11. The number of hydrogen-bond donors (Lipinski definition) is 1. The van der Waals surface area contributed by atoms with Gasteiger partial charge in [0.05, 0.1) is 6.42 Å². The van der Waals surface area contributed by atoms with Gasteiger partial charge in [0.2, 0.25) is 5.91 Å². The third-order valence-electron chi connectivity index (χ3n) is 4.44. The second-order valence-corrected chi connectivity index (χ2v) is 6.51. The molecule has 0 saturated heterocycles. The molecule has 2 aromatic carbocycles. The van der Waals surface area contributed by atoms with E-state index in [1.54, 1.807) is 36.4 Å². The summed E-state index contributed by atoms with van der Waals surface area (Å²) >= 11 is 0. The normalized spacial score (nSPS) is 13.1. The van der Waals surface area contributed by atoms with E-state index in [1.807, 2.05) is 0 Å². The lowest BCUT2D eigenvalue weighted by atomic mass is 9.98. The lowest BCUT2D eigenvalue weighted by Crippen LogP contribution is -2.45. The van der Waals surface area contributed by atoms with Gasteiger partial charge in [0.25, 0.3) is 11.8 Å². The minimum Gasteiger partial charge on any atom is -0.454 e. The van der Waals surface area contributed by atoms with Gasteiger partial charge in [0.1, 0.15) is 12.4 Å². The molecule has 1 heterocycles. The van der Waals surface area contributed by atoms with E-state index in [-0.39, 0.29) is 12.2 Å². The Morgan fingerprint density at radius 3 is 2.55 bits per heavy atom. The van der Waals surface area contributed by atoms with Crippen LogP contribution in [0.25, 0.3) is 0 Å². The molecular weight excluding hydrogens is 379 g/mol. The summed E-state index contributed by atoms with van der Waals surface area (Å²) in [6.45, 7) is -0.772. The smallest absolute Gasteiger partial charge is 0.326 e. The van der Waals surface area contributed by atoms with E-state index in [2.05, 4.69) is 5.32 Å². The fraction of sp³-hybridized carbons (Fsp3) is 0.238. The van der Waals surface area contributed by atoms with Crippen molar-refractivity contribution in [2.45, 2.75) is 12.8 Å². The first-order valence-corrected chi connectivity index (χ1v) is 9.03. The zero-order valence-electron chi connectivity index (χ0n) is 15.5. The third kappa shape index (κ3) is 5.25. The van der Waals surface area contributed by atoms with Crippen LogP contribution in [0.5, 0.6) is 0 Å². The number of fused-ring (bicyclic) bond motifs is 1.